The monoisotopic (exact) mass is 264 g/mol. The minimum absolute atomic E-state index is 0.249. The lowest BCUT2D eigenvalue weighted by Crippen LogP contribution is -2.12. The summed E-state index contributed by atoms with van der Waals surface area (Å²) < 4.78 is 61.2. The third-order valence-corrected chi connectivity index (χ3v) is 4.46. The van der Waals surface area contributed by atoms with Gasteiger partial charge in [0.05, 0.1) is 22.1 Å². The van der Waals surface area contributed by atoms with E-state index < -0.39 is 38.8 Å². The average Bonchev–Trinajstić information content (AvgIpc) is 2.49. The Hall–Kier alpha value is -1.37. The normalized spacial score (nSPS) is 22.2. The maximum absolute atomic E-state index is 12.7. The number of benzene rings is 1. The molecule has 1 unspecified atom stereocenters. The number of fused-ring (bicyclic) bond motifs is 1. The van der Waals surface area contributed by atoms with Gasteiger partial charge in [-0.2, -0.15) is 13.2 Å². The first-order valence-corrected chi connectivity index (χ1v) is 6.31. The summed E-state index contributed by atoms with van der Waals surface area (Å²) >= 11 is 0. The summed E-state index contributed by atoms with van der Waals surface area (Å²) in [6, 6.07) is 2.92. The van der Waals surface area contributed by atoms with Crippen LogP contribution in [0.5, 0.6) is 0 Å². The van der Waals surface area contributed by atoms with Crippen LogP contribution in [0.15, 0.2) is 23.1 Å². The Bertz CT molecular complexity index is 575. The third-order valence-electron chi connectivity index (χ3n) is 2.64. The Morgan fingerprint density at radius 3 is 2.47 bits per heavy atom. The van der Waals surface area contributed by atoms with Crippen molar-refractivity contribution in [3.63, 3.8) is 0 Å². The maximum Gasteiger partial charge on any atom is 0.416 e. The molecule has 1 aromatic rings. The summed E-state index contributed by atoms with van der Waals surface area (Å²) in [4.78, 5) is 10.3. The Kier molecular flexibility index (Phi) is 2.53. The molecule has 0 saturated heterocycles. The number of hydrogen-bond acceptors (Lipinski definition) is 3. The highest BCUT2D eigenvalue weighted by molar-refractivity contribution is 7.91. The molecule has 3 nitrogen and oxygen atoms in total. The minimum Gasteiger partial charge on any atom is -0.303 e. The molecule has 0 fully saturated rings. The molecule has 1 aromatic carbocycles. The van der Waals surface area contributed by atoms with Crippen molar-refractivity contribution in [1.82, 2.24) is 0 Å². The van der Waals surface area contributed by atoms with Gasteiger partial charge in [0.1, 0.15) is 6.29 Å². The zero-order valence-corrected chi connectivity index (χ0v) is 9.18. The van der Waals surface area contributed by atoms with Gasteiger partial charge in [0.15, 0.2) is 9.84 Å². The molecule has 0 radical (unpaired) electrons. The van der Waals surface area contributed by atoms with Crippen molar-refractivity contribution in [2.75, 3.05) is 5.75 Å². The van der Waals surface area contributed by atoms with Crippen LogP contribution in [0.3, 0.4) is 0 Å². The van der Waals surface area contributed by atoms with Crippen LogP contribution in [-0.2, 0) is 20.8 Å². The van der Waals surface area contributed by atoms with E-state index in [-0.39, 0.29) is 11.2 Å². The van der Waals surface area contributed by atoms with E-state index in [0.717, 1.165) is 18.2 Å². The number of aldehydes is 1. The highest BCUT2D eigenvalue weighted by Crippen LogP contribution is 2.42. The molecule has 2 rings (SSSR count). The van der Waals surface area contributed by atoms with E-state index in [1.807, 2.05) is 0 Å². The van der Waals surface area contributed by atoms with Crippen molar-refractivity contribution >= 4 is 16.1 Å². The standard InChI is InChI=1S/C10H7F3O3S/c11-10(12,13)7-2-1-3-8-9(7)6(4-14)5-17(8,15)16/h1-4,6H,5H2. The van der Waals surface area contributed by atoms with E-state index in [1.165, 1.54) is 0 Å². The molecule has 0 bridgehead atoms. The SMILES string of the molecule is O=CC1CS(=O)(=O)c2cccc(C(F)(F)F)c21. The second kappa shape index (κ2) is 3.56. The number of alkyl halides is 3. The van der Waals surface area contributed by atoms with Gasteiger partial charge in [0.25, 0.3) is 0 Å². The summed E-state index contributed by atoms with van der Waals surface area (Å²) in [6.45, 7) is 0. The van der Waals surface area contributed by atoms with Crippen molar-refractivity contribution in [3.05, 3.63) is 29.3 Å². The molecule has 1 atom stereocenters. The summed E-state index contributed by atoms with van der Waals surface area (Å²) in [5, 5.41) is 0. The highest BCUT2D eigenvalue weighted by atomic mass is 32.2. The molecule has 0 aliphatic carbocycles. The number of carbonyl (C=O) groups is 1. The van der Waals surface area contributed by atoms with E-state index in [1.54, 1.807) is 0 Å². The fraction of sp³-hybridized carbons (Fsp3) is 0.300. The van der Waals surface area contributed by atoms with Crippen LogP contribution in [0.25, 0.3) is 0 Å². The molecular weight excluding hydrogens is 257 g/mol. The molecule has 7 heteroatoms. The molecule has 0 aromatic heterocycles. The van der Waals surface area contributed by atoms with Gasteiger partial charge in [-0.05, 0) is 17.7 Å². The van der Waals surface area contributed by atoms with Crippen LogP contribution in [0.4, 0.5) is 13.2 Å². The fourth-order valence-electron chi connectivity index (χ4n) is 1.96. The lowest BCUT2D eigenvalue weighted by Gasteiger charge is -2.12. The van der Waals surface area contributed by atoms with Gasteiger partial charge in [-0.1, -0.05) is 6.07 Å². The Labute approximate surface area is 95.2 Å². The molecule has 17 heavy (non-hydrogen) atoms. The van der Waals surface area contributed by atoms with Crippen LogP contribution in [0.1, 0.15) is 17.0 Å². The maximum atomic E-state index is 12.7. The van der Waals surface area contributed by atoms with Gasteiger partial charge in [0, 0.05) is 0 Å². The van der Waals surface area contributed by atoms with Crippen molar-refractivity contribution < 1.29 is 26.4 Å². The number of rotatable bonds is 1. The first-order chi connectivity index (χ1) is 7.77. The predicted octanol–water partition coefficient (Wildman–Crippen LogP) is 1.78. The fourth-order valence-corrected chi connectivity index (χ4v) is 3.74. The molecule has 92 valence electrons. The van der Waals surface area contributed by atoms with Gasteiger partial charge >= 0.3 is 6.18 Å². The average molecular weight is 264 g/mol. The van der Waals surface area contributed by atoms with Gasteiger partial charge in [0.2, 0.25) is 0 Å². The topological polar surface area (TPSA) is 51.2 Å². The molecule has 1 aliphatic heterocycles. The van der Waals surface area contributed by atoms with Crippen molar-refractivity contribution in [1.29, 1.82) is 0 Å². The van der Waals surface area contributed by atoms with Gasteiger partial charge < -0.3 is 4.79 Å². The first kappa shape index (κ1) is 12.1. The van der Waals surface area contributed by atoms with Crippen LogP contribution in [0.2, 0.25) is 0 Å². The van der Waals surface area contributed by atoms with E-state index in [0.29, 0.717) is 0 Å². The zero-order valence-electron chi connectivity index (χ0n) is 8.36. The second-order valence-corrected chi connectivity index (χ2v) is 5.74. The first-order valence-electron chi connectivity index (χ1n) is 4.65. The van der Waals surface area contributed by atoms with Gasteiger partial charge in [-0.25, -0.2) is 8.42 Å². The number of hydrogen-bond donors (Lipinski definition) is 0. The van der Waals surface area contributed by atoms with Crippen molar-refractivity contribution in [2.24, 2.45) is 0 Å². The Morgan fingerprint density at radius 1 is 1.29 bits per heavy atom. The molecule has 0 spiro atoms. The van der Waals surface area contributed by atoms with Crippen molar-refractivity contribution in [3.8, 4) is 0 Å². The molecular formula is C10H7F3O3S. The number of halogens is 3. The Balaban J connectivity index is 2.78. The highest BCUT2D eigenvalue weighted by Gasteiger charge is 2.43. The summed E-state index contributed by atoms with van der Waals surface area (Å²) in [5.41, 5.74) is -1.47. The lowest BCUT2D eigenvalue weighted by atomic mass is 9.97. The molecule has 1 heterocycles. The smallest absolute Gasteiger partial charge is 0.303 e. The second-order valence-electron chi connectivity index (χ2n) is 3.74. The number of sulfone groups is 1. The molecule has 0 saturated carbocycles. The van der Waals surface area contributed by atoms with E-state index in [2.05, 4.69) is 0 Å². The van der Waals surface area contributed by atoms with E-state index >= 15 is 0 Å². The van der Waals surface area contributed by atoms with E-state index in [4.69, 9.17) is 0 Å². The lowest BCUT2D eigenvalue weighted by molar-refractivity contribution is -0.138. The van der Waals surface area contributed by atoms with Crippen LogP contribution in [0, 0.1) is 0 Å². The third kappa shape index (κ3) is 1.84. The number of carbonyl (C=O) groups excluding carboxylic acids is 1. The summed E-state index contributed by atoms with van der Waals surface area (Å²) in [7, 11) is -3.78. The molecule has 0 amide bonds. The van der Waals surface area contributed by atoms with Crippen LogP contribution < -0.4 is 0 Å². The van der Waals surface area contributed by atoms with Gasteiger partial charge in [-0.15, -0.1) is 0 Å². The molecule has 0 N–H and O–H groups in total. The zero-order chi connectivity index (χ0) is 12.8. The van der Waals surface area contributed by atoms with Crippen LogP contribution in [-0.4, -0.2) is 20.5 Å². The quantitative estimate of drug-likeness (QED) is 0.726. The Morgan fingerprint density at radius 2 is 1.94 bits per heavy atom. The summed E-state index contributed by atoms with van der Waals surface area (Å²) in [5.74, 6) is -1.81. The largest absolute Gasteiger partial charge is 0.416 e. The minimum atomic E-state index is -4.66. The summed E-state index contributed by atoms with van der Waals surface area (Å²) in [6.07, 6.45) is -4.41. The molecule has 1 aliphatic rings. The predicted molar refractivity (Wildman–Crippen MR) is 52.3 cm³/mol. The van der Waals surface area contributed by atoms with Crippen molar-refractivity contribution in [2.45, 2.75) is 17.0 Å². The van der Waals surface area contributed by atoms with Crippen LogP contribution >= 0.6 is 0 Å². The van der Waals surface area contributed by atoms with E-state index in [9.17, 15) is 26.4 Å². The van der Waals surface area contributed by atoms with Gasteiger partial charge in [-0.3, -0.25) is 0 Å².